The van der Waals surface area contributed by atoms with Gasteiger partial charge in [0, 0.05) is 49.1 Å². The molecule has 1 N–H and O–H groups in total. The summed E-state index contributed by atoms with van der Waals surface area (Å²) in [6, 6.07) is 7.44. The molecule has 2 aromatic heterocycles. The highest BCUT2D eigenvalue weighted by Crippen LogP contribution is 2.30. The maximum absolute atomic E-state index is 12.1. The van der Waals surface area contributed by atoms with Crippen LogP contribution in [0, 0.1) is 5.92 Å². The van der Waals surface area contributed by atoms with Gasteiger partial charge in [-0.2, -0.15) is 5.10 Å². The molecule has 4 rings (SSSR count). The summed E-state index contributed by atoms with van der Waals surface area (Å²) in [5, 5.41) is 14.5. The van der Waals surface area contributed by atoms with Crippen LogP contribution in [0.2, 0.25) is 0 Å². The molecule has 2 aromatic rings. The summed E-state index contributed by atoms with van der Waals surface area (Å²) >= 11 is 0. The van der Waals surface area contributed by atoms with Crippen molar-refractivity contribution >= 4 is 0 Å². The Balaban J connectivity index is 1.43. The van der Waals surface area contributed by atoms with Crippen molar-refractivity contribution in [3.05, 3.63) is 47.0 Å². The van der Waals surface area contributed by atoms with Gasteiger partial charge in [-0.15, -0.1) is 0 Å². The van der Waals surface area contributed by atoms with Gasteiger partial charge < -0.3 is 5.11 Å². The van der Waals surface area contributed by atoms with E-state index in [-0.39, 0.29) is 11.7 Å². The molecule has 2 fully saturated rings. The van der Waals surface area contributed by atoms with Crippen LogP contribution in [0.4, 0.5) is 0 Å². The summed E-state index contributed by atoms with van der Waals surface area (Å²) in [5.41, 5.74) is 1.61. The van der Waals surface area contributed by atoms with Crippen LogP contribution in [-0.2, 0) is 6.54 Å². The number of hydrogen-bond donors (Lipinski definition) is 1. The molecule has 1 aliphatic carbocycles. The number of pyridine rings is 1. The van der Waals surface area contributed by atoms with Crippen LogP contribution < -0.4 is 5.56 Å². The lowest BCUT2D eigenvalue weighted by molar-refractivity contribution is -0.00790. The third kappa shape index (κ3) is 2.99. The van der Waals surface area contributed by atoms with E-state index in [1.54, 1.807) is 29.2 Å². The third-order valence-electron chi connectivity index (χ3n) is 5.15. The molecule has 1 saturated heterocycles. The van der Waals surface area contributed by atoms with Crippen LogP contribution >= 0.6 is 0 Å². The van der Waals surface area contributed by atoms with Gasteiger partial charge in [0.2, 0.25) is 0 Å². The Labute approximate surface area is 140 Å². The van der Waals surface area contributed by atoms with E-state index in [9.17, 15) is 9.90 Å². The van der Waals surface area contributed by atoms with Gasteiger partial charge >= 0.3 is 0 Å². The number of rotatable bonds is 4. The Kier molecular flexibility index (Phi) is 4.16. The summed E-state index contributed by atoms with van der Waals surface area (Å²) in [6.45, 7) is 2.51. The van der Waals surface area contributed by atoms with E-state index in [4.69, 9.17) is 0 Å². The summed E-state index contributed by atoms with van der Waals surface area (Å²) < 4.78 is 1.56. The molecule has 2 atom stereocenters. The lowest BCUT2D eigenvalue weighted by Gasteiger charge is -2.44. The number of nitrogens with zero attached hydrogens (tertiary/aromatic N) is 4. The Morgan fingerprint density at radius 1 is 1.21 bits per heavy atom. The monoisotopic (exact) mass is 326 g/mol. The third-order valence-corrected chi connectivity index (χ3v) is 5.15. The van der Waals surface area contributed by atoms with Gasteiger partial charge in [0.1, 0.15) is 0 Å². The second-order valence-corrected chi connectivity index (χ2v) is 6.87. The SMILES string of the molecule is O=c1ccc(-c2cccnc2)nn1CC1CN(C2CCCC2O)C1. The maximum Gasteiger partial charge on any atom is 0.266 e. The predicted molar refractivity (Wildman–Crippen MR) is 90.4 cm³/mol. The molecule has 1 saturated carbocycles. The highest BCUT2D eigenvalue weighted by atomic mass is 16.3. The van der Waals surface area contributed by atoms with Crippen molar-refractivity contribution in [1.29, 1.82) is 0 Å². The van der Waals surface area contributed by atoms with E-state index in [0.717, 1.165) is 43.6 Å². The van der Waals surface area contributed by atoms with Crippen molar-refractivity contribution in [2.45, 2.75) is 38.0 Å². The zero-order valence-electron chi connectivity index (χ0n) is 13.6. The van der Waals surface area contributed by atoms with E-state index in [0.29, 0.717) is 18.5 Å². The van der Waals surface area contributed by atoms with E-state index in [1.807, 2.05) is 12.1 Å². The Morgan fingerprint density at radius 2 is 2.08 bits per heavy atom. The molecule has 0 radical (unpaired) electrons. The van der Waals surface area contributed by atoms with E-state index < -0.39 is 0 Å². The van der Waals surface area contributed by atoms with Gasteiger partial charge in [0.05, 0.1) is 18.3 Å². The number of aliphatic hydroxyl groups is 1. The lowest BCUT2D eigenvalue weighted by atomic mass is 9.96. The molecular formula is C18H22N4O2. The first-order valence-electron chi connectivity index (χ1n) is 8.61. The van der Waals surface area contributed by atoms with Gasteiger partial charge in [0.25, 0.3) is 5.56 Å². The first kappa shape index (κ1) is 15.5. The highest BCUT2D eigenvalue weighted by Gasteiger charge is 2.38. The predicted octanol–water partition coefficient (Wildman–Crippen LogP) is 1.15. The first-order chi connectivity index (χ1) is 11.7. The summed E-state index contributed by atoms with van der Waals surface area (Å²) in [7, 11) is 0. The second kappa shape index (κ2) is 6.45. The van der Waals surface area contributed by atoms with Crippen LogP contribution in [0.15, 0.2) is 41.5 Å². The van der Waals surface area contributed by atoms with Gasteiger partial charge in [-0.1, -0.05) is 0 Å². The standard InChI is InChI=1S/C18H22N4O2/c23-17-5-1-4-16(17)21-10-13(11-21)12-22-18(24)7-6-15(20-22)14-3-2-8-19-9-14/h2-3,6-9,13,16-17,23H,1,4-5,10-12H2. The van der Waals surface area contributed by atoms with Crippen molar-refractivity contribution in [3.63, 3.8) is 0 Å². The van der Waals surface area contributed by atoms with Gasteiger partial charge in [-0.25, -0.2) is 4.68 Å². The molecule has 1 aliphatic heterocycles. The largest absolute Gasteiger partial charge is 0.391 e. The van der Waals surface area contributed by atoms with Gasteiger partial charge in [-0.05, 0) is 37.5 Å². The molecule has 0 spiro atoms. The number of hydrogen-bond acceptors (Lipinski definition) is 5. The molecule has 2 unspecified atom stereocenters. The van der Waals surface area contributed by atoms with E-state index in [2.05, 4.69) is 15.0 Å². The normalized spacial score (nSPS) is 24.9. The van der Waals surface area contributed by atoms with Crippen LogP contribution in [0.3, 0.4) is 0 Å². The first-order valence-corrected chi connectivity index (χ1v) is 8.61. The van der Waals surface area contributed by atoms with Crippen LogP contribution in [0.5, 0.6) is 0 Å². The number of likely N-dealkylation sites (tertiary alicyclic amines) is 1. The van der Waals surface area contributed by atoms with Crippen LogP contribution in [-0.4, -0.2) is 50.0 Å². The van der Waals surface area contributed by atoms with Crippen molar-refractivity contribution in [2.24, 2.45) is 5.92 Å². The van der Waals surface area contributed by atoms with Crippen LogP contribution in [0.1, 0.15) is 19.3 Å². The molecule has 24 heavy (non-hydrogen) atoms. The summed E-state index contributed by atoms with van der Waals surface area (Å²) in [4.78, 5) is 18.5. The highest BCUT2D eigenvalue weighted by molar-refractivity contribution is 5.56. The zero-order chi connectivity index (χ0) is 16.5. The maximum atomic E-state index is 12.1. The summed E-state index contributed by atoms with van der Waals surface area (Å²) in [6.07, 6.45) is 6.41. The molecule has 0 amide bonds. The fourth-order valence-corrected chi connectivity index (χ4v) is 3.84. The van der Waals surface area contributed by atoms with Crippen molar-refractivity contribution in [2.75, 3.05) is 13.1 Å². The topological polar surface area (TPSA) is 71.2 Å². The van der Waals surface area contributed by atoms with Crippen LogP contribution in [0.25, 0.3) is 11.3 Å². The van der Waals surface area contributed by atoms with Crippen molar-refractivity contribution < 1.29 is 5.11 Å². The second-order valence-electron chi connectivity index (χ2n) is 6.87. The average molecular weight is 326 g/mol. The minimum atomic E-state index is -0.180. The van der Waals surface area contributed by atoms with Crippen molar-refractivity contribution in [1.82, 2.24) is 19.7 Å². The molecule has 3 heterocycles. The fourth-order valence-electron chi connectivity index (χ4n) is 3.84. The average Bonchev–Trinajstić information content (AvgIpc) is 2.98. The molecule has 6 nitrogen and oxygen atoms in total. The van der Waals surface area contributed by atoms with Crippen molar-refractivity contribution in [3.8, 4) is 11.3 Å². The molecule has 2 aliphatic rings. The smallest absolute Gasteiger partial charge is 0.266 e. The minimum absolute atomic E-state index is 0.0676. The van der Waals surface area contributed by atoms with E-state index in [1.165, 1.54) is 0 Å². The Morgan fingerprint density at radius 3 is 2.79 bits per heavy atom. The quantitative estimate of drug-likeness (QED) is 0.913. The molecule has 6 heteroatoms. The molecular weight excluding hydrogens is 304 g/mol. The summed E-state index contributed by atoms with van der Waals surface area (Å²) in [5.74, 6) is 0.423. The number of aliphatic hydroxyl groups excluding tert-OH is 1. The molecule has 0 aromatic carbocycles. The number of aromatic nitrogens is 3. The Bertz CT molecular complexity index is 755. The zero-order valence-corrected chi connectivity index (χ0v) is 13.6. The molecule has 126 valence electrons. The van der Waals surface area contributed by atoms with E-state index >= 15 is 0 Å². The lowest BCUT2D eigenvalue weighted by Crippen LogP contribution is -2.56. The minimum Gasteiger partial charge on any atom is -0.391 e. The Hall–Kier alpha value is -2.05. The fraction of sp³-hybridized carbons (Fsp3) is 0.500. The van der Waals surface area contributed by atoms with Gasteiger partial charge in [0.15, 0.2) is 0 Å². The van der Waals surface area contributed by atoms with Gasteiger partial charge in [-0.3, -0.25) is 14.7 Å². The molecule has 0 bridgehead atoms.